The predicted molar refractivity (Wildman–Crippen MR) is 84.4 cm³/mol. The summed E-state index contributed by atoms with van der Waals surface area (Å²) in [6.45, 7) is 2.53. The first-order chi connectivity index (χ1) is 9.69. The van der Waals surface area contributed by atoms with Gasteiger partial charge in [0.2, 0.25) is 0 Å². The Balaban J connectivity index is 1.74. The maximum absolute atomic E-state index is 11.9. The lowest BCUT2D eigenvalue weighted by atomic mass is 9.95. The Labute approximate surface area is 126 Å². The molecule has 2 rings (SSSR count). The SMILES string of the molecule is CC[S@@](=O)[C@H]1CCC[C@@H](NC(=O)NCc2cccs2)C1. The molecule has 1 saturated carbocycles. The largest absolute Gasteiger partial charge is 0.335 e. The highest BCUT2D eigenvalue weighted by atomic mass is 32.2. The zero-order valence-corrected chi connectivity index (χ0v) is 13.4. The lowest BCUT2D eigenvalue weighted by Gasteiger charge is -2.29. The van der Waals surface area contributed by atoms with Gasteiger partial charge in [-0.2, -0.15) is 0 Å². The molecule has 1 aliphatic carbocycles. The number of hydrogen-bond donors (Lipinski definition) is 2. The van der Waals surface area contributed by atoms with Gasteiger partial charge in [0.15, 0.2) is 0 Å². The fraction of sp³-hybridized carbons (Fsp3) is 0.643. The topological polar surface area (TPSA) is 58.2 Å². The van der Waals surface area contributed by atoms with Crippen molar-refractivity contribution in [3.8, 4) is 0 Å². The first-order valence-electron chi connectivity index (χ1n) is 7.13. The van der Waals surface area contributed by atoms with Crippen molar-refractivity contribution in [2.45, 2.75) is 50.4 Å². The lowest BCUT2D eigenvalue weighted by molar-refractivity contribution is 0.232. The molecule has 1 aliphatic rings. The van der Waals surface area contributed by atoms with E-state index in [4.69, 9.17) is 0 Å². The number of nitrogens with one attached hydrogen (secondary N) is 2. The molecule has 3 atom stereocenters. The molecule has 0 radical (unpaired) electrons. The van der Waals surface area contributed by atoms with E-state index >= 15 is 0 Å². The van der Waals surface area contributed by atoms with Crippen LogP contribution in [0.3, 0.4) is 0 Å². The van der Waals surface area contributed by atoms with Gasteiger partial charge in [0.05, 0.1) is 6.54 Å². The standard InChI is InChI=1S/C14H22N2O2S2/c1-2-20(18)13-7-3-5-11(9-13)16-14(17)15-10-12-6-4-8-19-12/h4,6,8,11,13H,2-3,5,7,9-10H2,1H3,(H2,15,16,17)/t11-,13+,20-/m1/s1. The van der Waals surface area contributed by atoms with Gasteiger partial charge in [0.1, 0.15) is 0 Å². The predicted octanol–water partition coefficient (Wildman–Crippen LogP) is 2.63. The highest BCUT2D eigenvalue weighted by Gasteiger charge is 2.26. The van der Waals surface area contributed by atoms with Crippen molar-refractivity contribution in [2.24, 2.45) is 0 Å². The molecule has 2 amide bonds. The van der Waals surface area contributed by atoms with E-state index in [0.717, 1.165) is 30.6 Å². The van der Waals surface area contributed by atoms with Crippen molar-refractivity contribution in [2.75, 3.05) is 5.75 Å². The van der Waals surface area contributed by atoms with Crippen LogP contribution in [0.15, 0.2) is 17.5 Å². The number of urea groups is 1. The number of carbonyl (C=O) groups is 1. The van der Waals surface area contributed by atoms with Gasteiger partial charge in [-0.1, -0.05) is 19.4 Å². The second-order valence-corrected chi connectivity index (χ2v) is 8.10. The van der Waals surface area contributed by atoms with Crippen molar-refractivity contribution < 1.29 is 9.00 Å². The van der Waals surface area contributed by atoms with Crippen LogP contribution in [0.4, 0.5) is 4.79 Å². The number of thiophene rings is 1. The smallest absolute Gasteiger partial charge is 0.315 e. The molecule has 0 spiro atoms. The molecule has 6 heteroatoms. The summed E-state index contributed by atoms with van der Waals surface area (Å²) in [5.41, 5.74) is 0. The number of rotatable bonds is 5. The van der Waals surface area contributed by atoms with Gasteiger partial charge in [-0.25, -0.2) is 4.79 Å². The normalized spacial score (nSPS) is 24.1. The van der Waals surface area contributed by atoms with E-state index in [2.05, 4.69) is 10.6 Å². The monoisotopic (exact) mass is 314 g/mol. The summed E-state index contributed by atoms with van der Waals surface area (Å²) in [6.07, 6.45) is 3.90. The lowest BCUT2D eigenvalue weighted by Crippen LogP contribution is -2.45. The Morgan fingerprint density at radius 2 is 2.35 bits per heavy atom. The maximum Gasteiger partial charge on any atom is 0.315 e. The summed E-state index contributed by atoms with van der Waals surface area (Å²) in [5, 5.41) is 8.13. The molecule has 4 nitrogen and oxygen atoms in total. The first-order valence-corrected chi connectivity index (χ1v) is 9.39. The van der Waals surface area contributed by atoms with Gasteiger partial charge in [0, 0.05) is 32.7 Å². The van der Waals surface area contributed by atoms with E-state index in [1.54, 1.807) is 11.3 Å². The Bertz CT molecular complexity index is 448. The van der Waals surface area contributed by atoms with Crippen LogP contribution in [0.5, 0.6) is 0 Å². The molecule has 1 aromatic heterocycles. The van der Waals surface area contributed by atoms with E-state index in [9.17, 15) is 9.00 Å². The van der Waals surface area contributed by atoms with Crippen molar-refractivity contribution in [3.63, 3.8) is 0 Å². The average Bonchev–Trinajstić information content (AvgIpc) is 2.98. The van der Waals surface area contributed by atoms with Crippen LogP contribution >= 0.6 is 11.3 Å². The summed E-state index contributed by atoms with van der Waals surface area (Å²) in [5.74, 6) is 0.710. The van der Waals surface area contributed by atoms with E-state index in [1.807, 2.05) is 24.4 Å². The summed E-state index contributed by atoms with van der Waals surface area (Å²) < 4.78 is 11.9. The third kappa shape index (κ3) is 4.59. The summed E-state index contributed by atoms with van der Waals surface area (Å²) in [7, 11) is -0.747. The van der Waals surface area contributed by atoms with E-state index in [-0.39, 0.29) is 17.3 Å². The fourth-order valence-electron chi connectivity index (χ4n) is 2.57. The van der Waals surface area contributed by atoms with Crippen molar-refractivity contribution in [1.82, 2.24) is 10.6 Å². The fourth-order valence-corrected chi connectivity index (χ4v) is 4.56. The third-order valence-electron chi connectivity index (χ3n) is 3.62. The van der Waals surface area contributed by atoms with Crippen LogP contribution < -0.4 is 10.6 Å². The second kappa shape index (κ2) is 7.78. The molecule has 20 heavy (non-hydrogen) atoms. The van der Waals surface area contributed by atoms with Gasteiger partial charge >= 0.3 is 6.03 Å². The molecule has 0 aliphatic heterocycles. The summed E-state index contributed by atoms with van der Waals surface area (Å²) in [6, 6.07) is 4.02. The van der Waals surface area contributed by atoms with Gasteiger partial charge < -0.3 is 10.6 Å². The molecule has 0 saturated heterocycles. The van der Waals surface area contributed by atoms with Crippen molar-refractivity contribution >= 4 is 28.2 Å². The molecular weight excluding hydrogens is 292 g/mol. The van der Waals surface area contributed by atoms with Crippen LogP contribution in [0.1, 0.15) is 37.5 Å². The molecule has 1 fully saturated rings. The first kappa shape index (κ1) is 15.5. The van der Waals surface area contributed by atoms with Gasteiger partial charge in [0.25, 0.3) is 0 Å². The molecule has 2 N–H and O–H groups in total. The highest BCUT2D eigenvalue weighted by Crippen LogP contribution is 2.22. The van der Waals surface area contributed by atoms with E-state index in [0.29, 0.717) is 12.3 Å². The Kier molecular flexibility index (Phi) is 6.04. The van der Waals surface area contributed by atoms with Gasteiger partial charge in [-0.05, 0) is 30.7 Å². The molecule has 0 unspecified atom stereocenters. The quantitative estimate of drug-likeness (QED) is 0.878. The van der Waals surface area contributed by atoms with Crippen LogP contribution in [0, 0.1) is 0 Å². The number of hydrogen-bond acceptors (Lipinski definition) is 3. The van der Waals surface area contributed by atoms with Crippen molar-refractivity contribution in [3.05, 3.63) is 22.4 Å². The summed E-state index contributed by atoms with van der Waals surface area (Å²) >= 11 is 1.64. The van der Waals surface area contributed by atoms with E-state index < -0.39 is 10.8 Å². The summed E-state index contributed by atoms with van der Waals surface area (Å²) in [4.78, 5) is 13.0. The zero-order valence-electron chi connectivity index (χ0n) is 11.8. The molecule has 1 heterocycles. The molecule has 0 aromatic carbocycles. The maximum atomic E-state index is 11.9. The zero-order chi connectivity index (χ0) is 14.4. The Morgan fingerprint density at radius 3 is 3.05 bits per heavy atom. The van der Waals surface area contributed by atoms with Crippen LogP contribution in [-0.2, 0) is 17.3 Å². The average molecular weight is 314 g/mol. The molecule has 112 valence electrons. The van der Waals surface area contributed by atoms with Crippen LogP contribution in [-0.4, -0.2) is 27.3 Å². The van der Waals surface area contributed by atoms with Crippen LogP contribution in [0.2, 0.25) is 0 Å². The highest BCUT2D eigenvalue weighted by molar-refractivity contribution is 7.85. The van der Waals surface area contributed by atoms with Crippen LogP contribution in [0.25, 0.3) is 0 Å². The third-order valence-corrected chi connectivity index (χ3v) is 6.24. The minimum Gasteiger partial charge on any atom is -0.335 e. The van der Waals surface area contributed by atoms with Gasteiger partial charge in [-0.3, -0.25) is 4.21 Å². The number of amides is 2. The molecule has 0 bridgehead atoms. The van der Waals surface area contributed by atoms with Crippen molar-refractivity contribution in [1.29, 1.82) is 0 Å². The molecular formula is C14H22N2O2S2. The second-order valence-electron chi connectivity index (χ2n) is 5.06. The Morgan fingerprint density at radius 1 is 1.50 bits per heavy atom. The molecule has 1 aromatic rings. The van der Waals surface area contributed by atoms with Gasteiger partial charge in [-0.15, -0.1) is 11.3 Å². The number of carbonyl (C=O) groups excluding carboxylic acids is 1. The Hall–Kier alpha value is -0.880. The minimum atomic E-state index is -0.747. The minimum absolute atomic E-state index is 0.119. The van der Waals surface area contributed by atoms with E-state index in [1.165, 1.54) is 0 Å².